The second-order valence-corrected chi connectivity index (χ2v) is 8.86. The highest BCUT2D eigenvalue weighted by Crippen LogP contribution is 2.17. The van der Waals surface area contributed by atoms with Gasteiger partial charge in [0.15, 0.2) is 9.84 Å². The smallest absolute Gasteiger partial charge is 0.253 e. The van der Waals surface area contributed by atoms with Gasteiger partial charge >= 0.3 is 0 Å². The molecule has 3 rings (SSSR count). The third-order valence-corrected chi connectivity index (χ3v) is 5.84. The molecule has 1 N–H and O–H groups in total. The van der Waals surface area contributed by atoms with Gasteiger partial charge in [-0.05, 0) is 55.3 Å². The van der Waals surface area contributed by atoms with Crippen LogP contribution in [0.15, 0.2) is 53.4 Å². The van der Waals surface area contributed by atoms with Crippen molar-refractivity contribution in [2.75, 3.05) is 19.3 Å². The lowest BCUT2D eigenvalue weighted by Crippen LogP contribution is -2.46. The lowest BCUT2D eigenvalue weighted by molar-refractivity contribution is 0.0698. The number of nitrogens with one attached hydrogen (secondary N) is 1. The van der Waals surface area contributed by atoms with E-state index in [2.05, 4.69) is 5.32 Å². The first-order chi connectivity index (χ1) is 13.2. The van der Waals surface area contributed by atoms with Gasteiger partial charge < -0.3 is 10.2 Å². The summed E-state index contributed by atoms with van der Waals surface area (Å²) in [5.74, 6) is -0.900. The average Bonchev–Trinajstić information content (AvgIpc) is 2.68. The first-order valence-corrected chi connectivity index (χ1v) is 10.8. The molecule has 6 nitrogen and oxygen atoms in total. The van der Waals surface area contributed by atoms with Crippen LogP contribution >= 0.6 is 0 Å². The first-order valence-electron chi connectivity index (χ1n) is 8.90. The van der Waals surface area contributed by atoms with Crippen molar-refractivity contribution >= 4 is 21.7 Å². The van der Waals surface area contributed by atoms with Crippen LogP contribution in [0.3, 0.4) is 0 Å². The topological polar surface area (TPSA) is 83.6 Å². The molecule has 0 spiro atoms. The number of likely N-dealkylation sites (tertiary alicyclic amines) is 1. The van der Waals surface area contributed by atoms with Gasteiger partial charge in [0.1, 0.15) is 5.82 Å². The van der Waals surface area contributed by atoms with E-state index < -0.39 is 15.7 Å². The fraction of sp³-hybridized carbons (Fsp3) is 0.300. The Morgan fingerprint density at radius 3 is 2.29 bits per heavy atom. The van der Waals surface area contributed by atoms with E-state index >= 15 is 0 Å². The number of carbonyl (C=O) groups excluding carboxylic acids is 2. The van der Waals surface area contributed by atoms with E-state index in [9.17, 15) is 22.4 Å². The van der Waals surface area contributed by atoms with E-state index in [0.717, 1.165) is 6.26 Å². The fourth-order valence-electron chi connectivity index (χ4n) is 3.14. The molecule has 0 radical (unpaired) electrons. The summed E-state index contributed by atoms with van der Waals surface area (Å²) < 4.78 is 36.3. The van der Waals surface area contributed by atoms with Crippen LogP contribution in [-0.4, -0.2) is 50.5 Å². The van der Waals surface area contributed by atoms with Crippen molar-refractivity contribution in [2.24, 2.45) is 0 Å². The van der Waals surface area contributed by atoms with Gasteiger partial charge in [-0.15, -0.1) is 0 Å². The lowest BCUT2D eigenvalue weighted by Gasteiger charge is -2.32. The highest BCUT2D eigenvalue weighted by molar-refractivity contribution is 7.90. The molecule has 1 aliphatic heterocycles. The van der Waals surface area contributed by atoms with Crippen molar-refractivity contribution in [1.82, 2.24) is 10.2 Å². The zero-order chi connectivity index (χ0) is 20.3. The highest BCUT2D eigenvalue weighted by Gasteiger charge is 2.25. The molecule has 0 unspecified atom stereocenters. The number of nitrogens with zero attached hydrogens (tertiary/aromatic N) is 1. The number of sulfone groups is 1. The Balaban J connectivity index is 1.58. The van der Waals surface area contributed by atoms with Crippen molar-refractivity contribution in [3.05, 3.63) is 65.5 Å². The third kappa shape index (κ3) is 4.75. The summed E-state index contributed by atoms with van der Waals surface area (Å²) in [6.07, 6.45) is 2.28. The van der Waals surface area contributed by atoms with Crippen LogP contribution in [0.2, 0.25) is 0 Å². The van der Waals surface area contributed by atoms with Gasteiger partial charge in [0.25, 0.3) is 11.8 Å². The van der Waals surface area contributed by atoms with Crippen LogP contribution in [0.1, 0.15) is 33.6 Å². The van der Waals surface area contributed by atoms with Crippen molar-refractivity contribution < 1.29 is 22.4 Å². The van der Waals surface area contributed by atoms with Gasteiger partial charge in [-0.2, -0.15) is 0 Å². The molecule has 1 aliphatic rings. The zero-order valence-corrected chi connectivity index (χ0v) is 16.2. The quantitative estimate of drug-likeness (QED) is 0.847. The predicted molar refractivity (Wildman–Crippen MR) is 102 cm³/mol. The number of halogens is 1. The van der Waals surface area contributed by atoms with Gasteiger partial charge in [-0.25, -0.2) is 12.8 Å². The largest absolute Gasteiger partial charge is 0.349 e. The second kappa shape index (κ2) is 8.10. The van der Waals surface area contributed by atoms with Crippen LogP contribution < -0.4 is 5.32 Å². The van der Waals surface area contributed by atoms with Crippen LogP contribution in [0.25, 0.3) is 0 Å². The highest BCUT2D eigenvalue weighted by atomic mass is 32.2. The molecule has 2 amide bonds. The Morgan fingerprint density at radius 2 is 1.68 bits per heavy atom. The van der Waals surface area contributed by atoms with Gasteiger partial charge in [-0.1, -0.05) is 6.07 Å². The summed E-state index contributed by atoms with van der Waals surface area (Å²) in [4.78, 5) is 26.7. The van der Waals surface area contributed by atoms with Crippen LogP contribution in [0, 0.1) is 5.82 Å². The van der Waals surface area contributed by atoms with E-state index in [1.165, 1.54) is 36.4 Å². The molecule has 0 saturated carbocycles. The van der Waals surface area contributed by atoms with E-state index in [-0.39, 0.29) is 22.8 Å². The minimum atomic E-state index is -3.38. The van der Waals surface area contributed by atoms with E-state index in [1.54, 1.807) is 17.0 Å². The Kier molecular flexibility index (Phi) is 5.79. The molecule has 0 aliphatic carbocycles. The molecule has 148 valence electrons. The standard InChI is InChI=1S/C20H21FN2O4S/c1-28(26,27)18-4-2-3-15(13-18)20(25)23-11-9-17(10-12-23)22-19(24)14-5-7-16(21)8-6-14/h2-8,13,17H,9-12H2,1H3,(H,22,24). The van der Waals surface area contributed by atoms with Gasteiger partial charge in [0.05, 0.1) is 4.90 Å². The molecule has 0 aromatic heterocycles. The Morgan fingerprint density at radius 1 is 1.04 bits per heavy atom. The maximum absolute atomic E-state index is 13.0. The van der Waals surface area contributed by atoms with E-state index in [4.69, 9.17) is 0 Å². The Hall–Kier alpha value is -2.74. The normalized spacial score (nSPS) is 15.3. The van der Waals surface area contributed by atoms with Gasteiger partial charge in [0, 0.05) is 36.5 Å². The molecule has 1 fully saturated rings. The van der Waals surface area contributed by atoms with Gasteiger partial charge in [-0.3, -0.25) is 9.59 Å². The molecule has 1 saturated heterocycles. The molecular formula is C20H21FN2O4S. The van der Waals surface area contributed by atoms with Crippen LogP contribution in [0.4, 0.5) is 4.39 Å². The van der Waals surface area contributed by atoms with E-state index in [0.29, 0.717) is 37.1 Å². The third-order valence-electron chi connectivity index (χ3n) is 4.73. The summed E-state index contributed by atoms with van der Waals surface area (Å²) in [5, 5.41) is 2.90. The predicted octanol–water partition coefficient (Wildman–Crippen LogP) is 2.26. The summed E-state index contributed by atoms with van der Waals surface area (Å²) in [5.41, 5.74) is 0.717. The Labute approximate surface area is 163 Å². The van der Waals surface area contributed by atoms with Crippen molar-refractivity contribution in [3.63, 3.8) is 0 Å². The first kappa shape index (κ1) is 20.0. The molecule has 2 aromatic rings. The van der Waals surface area contributed by atoms with Crippen molar-refractivity contribution in [2.45, 2.75) is 23.8 Å². The maximum atomic E-state index is 13.0. The molecule has 28 heavy (non-hydrogen) atoms. The number of carbonyl (C=O) groups is 2. The summed E-state index contributed by atoms with van der Waals surface area (Å²) in [6, 6.07) is 11.3. The molecule has 8 heteroatoms. The van der Waals surface area contributed by atoms with E-state index in [1.807, 2.05) is 0 Å². The Bertz CT molecular complexity index is 982. The van der Waals surface area contributed by atoms with Crippen molar-refractivity contribution in [3.8, 4) is 0 Å². The number of benzene rings is 2. The molecule has 1 heterocycles. The summed E-state index contributed by atoms with van der Waals surface area (Å²) >= 11 is 0. The number of piperidine rings is 1. The summed E-state index contributed by atoms with van der Waals surface area (Å²) in [6.45, 7) is 0.909. The van der Waals surface area contributed by atoms with Crippen molar-refractivity contribution in [1.29, 1.82) is 0 Å². The van der Waals surface area contributed by atoms with Crippen LogP contribution in [0.5, 0.6) is 0 Å². The second-order valence-electron chi connectivity index (χ2n) is 6.85. The summed E-state index contributed by atoms with van der Waals surface area (Å²) in [7, 11) is -3.38. The number of amides is 2. The fourth-order valence-corrected chi connectivity index (χ4v) is 3.81. The lowest BCUT2D eigenvalue weighted by atomic mass is 10.0. The van der Waals surface area contributed by atoms with Crippen LogP contribution in [-0.2, 0) is 9.84 Å². The number of hydrogen-bond acceptors (Lipinski definition) is 4. The molecule has 0 bridgehead atoms. The average molecular weight is 404 g/mol. The van der Waals surface area contributed by atoms with Gasteiger partial charge in [0.2, 0.25) is 0 Å². The number of hydrogen-bond donors (Lipinski definition) is 1. The zero-order valence-electron chi connectivity index (χ0n) is 15.4. The molecular weight excluding hydrogens is 383 g/mol. The minimum absolute atomic E-state index is 0.0797. The minimum Gasteiger partial charge on any atom is -0.349 e. The molecule has 0 atom stereocenters. The SMILES string of the molecule is CS(=O)(=O)c1cccc(C(=O)N2CCC(NC(=O)c3ccc(F)cc3)CC2)c1. The number of rotatable bonds is 4. The monoisotopic (exact) mass is 404 g/mol. The molecule has 2 aromatic carbocycles. The maximum Gasteiger partial charge on any atom is 0.253 e.